The number of carbonyl (C=O) groups excluding carboxylic acids is 1. The minimum atomic E-state index is -0.156. The van der Waals surface area contributed by atoms with Gasteiger partial charge in [0, 0.05) is 0 Å². The molecule has 2 heteroatoms. The molecule has 0 radical (unpaired) electrons. The highest BCUT2D eigenvalue weighted by Gasteiger charge is 2.11. The molecule has 0 aromatic rings. The smallest absolute Gasteiger partial charge is 0.308 e. The van der Waals surface area contributed by atoms with Crippen molar-refractivity contribution >= 4 is 5.97 Å². The van der Waals surface area contributed by atoms with Crippen LogP contribution in [-0.2, 0) is 9.53 Å². The van der Waals surface area contributed by atoms with Gasteiger partial charge >= 0.3 is 5.97 Å². The zero-order valence-electron chi connectivity index (χ0n) is 7.58. The fourth-order valence-corrected chi connectivity index (χ4v) is 0.769. The van der Waals surface area contributed by atoms with Crippen LogP contribution in [0.3, 0.4) is 0 Å². The molecule has 1 unspecified atom stereocenters. The van der Waals surface area contributed by atoms with Crippen LogP contribution in [-0.4, -0.2) is 12.6 Å². The first-order valence-electron chi connectivity index (χ1n) is 4.10. The largest absolute Gasteiger partial charge is 0.461 e. The van der Waals surface area contributed by atoms with Crippen LogP contribution >= 0.6 is 0 Å². The molecule has 0 bridgehead atoms. The van der Waals surface area contributed by atoms with Crippen molar-refractivity contribution < 1.29 is 9.53 Å². The Morgan fingerprint density at radius 3 is 2.67 bits per heavy atom. The first kappa shape index (κ1) is 11.0. The van der Waals surface area contributed by atoms with Crippen LogP contribution in [0.25, 0.3) is 0 Å². The number of hydrogen-bond donors (Lipinski definition) is 0. The summed E-state index contributed by atoms with van der Waals surface area (Å²) in [6.07, 6.45) is 5.03. The van der Waals surface area contributed by atoms with Crippen molar-refractivity contribution in [2.75, 3.05) is 6.61 Å². The van der Waals surface area contributed by atoms with Crippen LogP contribution in [0.2, 0.25) is 0 Å². The number of allylic oxidation sites excluding steroid dienone is 1. The molecule has 0 aromatic heterocycles. The topological polar surface area (TPSA) is 26.3 Å². The Labute approximate surface area is 73.9 Å². The van der Waals surface area contributed by atoms with Crippen molar-refractivity contribution in [1.82, 2.24) is 0 Å². The monoisotopic (exact) mass is 168 g/mol. The lowest BCUT2D eigenvalue weighted by molar-refractivity contribution is -0.146. The maximum atomic E-state index is 11.1. The molecule has 12 heavy (non-hydrogen) atoms. The van der Waals surface area contributed by atoms with Crippen LogP contribution in [0.15, 0.2) is 25.3 Å². The van der Waals surface area contributed by atoms with E-state index in [-0.39, 0.29) is 11.9 Å². The van der Waals surface area contributed by atoms with E-state index in [1.165, 1.54) is 0 Å². The molecule has 0 saturated carbocycles. The molecule has 0 rings (SSSR count). The molecule has 2 nitrogen and oxygen atoms in total. The first-order valence-corrected chi connectivity index (χ1v) is 4.10. The molecule has 0 aromatic carbocycles. The summed E-state index contributed by atoms with van der Waals surface area (Å²) >= 11 is 0. The van der Waals surface area contributed by atoms with E-state index < -0.39 is 0 Å². The summed E-state index contributed by atoms with van der Waals surface area (Å²) in [7, 11) is 0. The highest BCUT2D eigenvalue weighted by molar-refractivity contribution is 5.72. The Bertz CT molecular complexity index is 161. The Balaban J connectivity index is 3.60. The van der Waals surface area contributed by atoms with Gasteiger partial charge in [0.15, 0.2) is 0 Å². The van der Waals surface area contributed by atoms with E-state index >= 15 is 0 Å². The molecule has 0 spiro atoms. The maximum Gasteiger partial charge on any atom is 0.308 e. The second-order valence-corrected chi connectivity index (χ2v) is 2.69. The van der Waals surface area contributed by atoms with Crippen LogP contribution in [0, 0.1) is 5.92 Å². The third kappa shape index (κ3) is 4.72. The lowest BCUT2D eigenvalue weighted by Crippen LogP contribution is -2.14. The standard InChI is InChI=1S/C10H16O2/c1-4-6-7-9(3)10(11)12-8-5-2/h4-5,9H,1-2,6-8H2,3H3. The molecule has 0 aliphatic heterocycles. The van der Waals surface area contributed by atoms with Crippen molar-refractivity contribution in [2.24, 2.45) is 5.92 Å². The predicted molar refractivity (Wildman–Crippen MR) is 49.8 cm³/mol. The maximum absolute atomic E-state index is 11.1. The number of esters is 1. The average molecular weight is 168 g/mol. The van der Waals surface area contributed by atoms with E-state index in [4.69, 9.17) is 4.74 Å². The SMILES string of the molecule is C=CCCC(C)C(=O)OCC=C. The lowest BCUT2D eigenvalue weighted by Gasteiger charge is -2.08. The first-order chi connectivity index (χ1) is 5.72. The Morgan fingerprint density at radius 1 is 1.50 bits per heavy atom. The van der Waals surface area contributed by atoms with Gasteiger partial charge in [-0.15, -0.1) is 6.58 Å². The van der Waals surface area contributed by atoms with E-state index in [0.29, 0.717) is 6.61 Å². The predicted octanol–water partition coefficient (Wildman–Crippen LogP) is 2.32. The zero-order valence-corrected chi connectivity index (χ0v) is 7.58. The molecule has 68 valence electrons. The average Bonchev–Trinajstić information content (AvgIpc) is 2.10. The van der Waals surface area contributed by atoms with E-state index in [9.17, 15) is 4.79 Å². The van der Waals surface area contributed by atoms with Crippen LogP contribution in [0.4, 0.5) is 0 Å². The third-order valence-electron chi connectivity index (χ3n) is 1.55. The summed E-state index contributed by atoms with van der Waals surface area (Å²) in [4.78, 5) is 11.1. The van der Waals surface area contributed by atoms with Gasteiger partial charge < -0.3 is 4.74 Å². The highest BCUT2D eigenvalue weighted by Crippen LogP contribution is 2.07. The van der Waals surface area contributed by atoms with Crippen LogP contribution < -0.4 is 0 Å². The molecule has 0 heterocycles. The van der Waals surface area contributed by atoms with Crippen molar-refractivity contribution in [3.63, 3.8) is 0 Å². The van der Waals surface area contributed by atoms with E-state index in [1.807, 2.05) is 6.92 Å². The van der Waals surface area contributed by atoms with E-state index in [1.54, 1.807) is 12.2 Å². The fourth-order valence-electron chi connectivity index (χ4n) is 0.769. The van der Waals surface area contributed by atoms with Crippen molar-refractivity contribution in [1.29, 1.82) is 0 Å². The normalized spacial score (nSPS) is 11.8. The van der Waals surface area contributed by atoms with Gasteiger partial charge in [0.25, 0.3) is 0 Å². The van der Waals surface area contributed by atoms with Gasteiger partial charge in [-0.05, 0) is 12.8 Å². The summed E-state index contributed by atoms with van der Waals surface area (Å²) < 4.78 is 4.86. The van der Waals surface area contributed by atoms with Gasteiger partial charge in [-0.3, -0.25) is 4.79 Å². The van der Waals surface area contributed by atoms with Gasteiger partial charge in [0.1, 0.15) is 6.61 Å². The molecular formula is C10H16O2. The summed E-state index contributed by atoms with van der Waals surface area (Å²) in [5.41, 5.74) is 0. The van der Waals surface area contributed by atoms with Crippen LogP contribution in [0.1, 0.15) is 19.8 Å². The number of hydrogen-bond acceptors (Lipinski definition) is 2. The number of ether oxygens (including phenoxy) is 1. The molecule has 0 amide bonds. The van der Waals surface area contributed by atoms with Gasteiger partial charge in [0.2, 0.25) is 0 Å². The van der Waals surface area contributed by atoms with Gasteiger partial charge in [-0.25, -0.2) is 0 Å². The molecule has 1 atom stereocenters. The van der Waals surface area contributed by atoms with Crippen molar-refractivity contribution in [3.05, 3.63) is 25.3 Å². The van der Waals surface area contributed by atoms with Crippen molar-refractivity contribution in [2.45, 2.75) is 19.8 Å². The molecular weight excluding hydrogens is 152 g/mol. The molecule has 0 N–H and O–H groups in total. The van der Waals surface area contributed by atoms with Gasteiger partial charge in [0.05, 0.1) is 5.92 Å². The van der Waals surface area contributed by atoms with Crippen LogP contribution in [0.5, 0.6) is 0 Å². The van der Waals surface area contributed by atoms with E-state index in [2.05, 4.69) is 13.2 Å². The van der Waals surface area contributed by atoms with Gasteiger partial charge in [-0.1, -0.05) is 25.7 Å². The summed E-state index contributed by atoms with van der Waals surface area (Å²) in [6.45, 7) is 9.21. The quantitative estimate of drug-likeness (QED) is 0.449. The molecule has 0 saturated heterocycles. The summed E-state index contributed by atoms with van der Waals surface area (Å²) in [5, 5.41) is 0. The second kappa shape index (κ2) is 6.65. The third-order valence-corrected chi connectivity index (χ3v) is 1.55. The Hall–Kier alpha value is -1.05. The van der Waals surface area contributed by atoms with E-state index in [0.717, 1.165) is 12.8 Å². The minimum absolute atomic E-state index is 0.0389. The zero-order chi connectivity index (χ0) is 9.40. The Kier molecular flexibility index (Phi) is 6.07. The lowest BCUT2D eigenvalue weighted by atomic mass is 10.1. The summed E-state index contributed by atoms with van der Waals surface area (Å²) in [5.74, 6) is -0.195. The van der Waals surface area contributed by atoms with Crippen molar-refractivity contribution in [3.8, 4) is 0 Å². The molecule has 0 fully saturated rings. The molecule has 0 aliphatic carbocycles. The summed E-state index contributed by atoms with van der Waals surface area (Å²) in [6, 6.07) is 0. The molecule has 0 aliphatic rings. The number of rotatable bonds is 6. The number of carbonyl (C=O) groups is 1. The highest BCUT2D eigenvalue weighted by atomic mass is 16.5. The van der Waals surface area contributed by atoms with Gasteiger partial charge in [-0.2, -0.15) is 0 Å². The Morgan fingerprint density at radius 2 is 2.17 bits per heavy atom. The fraction of sp³-hybridized carbons (Fsp3) is 0.500. The second-order valence-electron chi connectivity index (χ2n) is 2.69. The minimum Gasteiger partial charge on any atom is -0.461 e.